The lowest BCUT2D eigenvalue weighted by Gasteiger charge is -2.18. The number of benzene rings is 1. The van der Waals surface area contributed by atoms with Gasteiger partial charge in [-0.25, -0.2) is 0 Å². The monoisotopic (exact) mass is 252 g/mol. The van der Waals surface area contributed by atoms with E-state index in [1.165, 1.54) is 6.07 Å². The zero-order valence-electron chi connectivity index (χ0n) is 8.81. The molecule has 0 bridgehead atoms. The lowest BCUT2D eigenvalue weighted by molar-refractivity contribution is -0.255. The molecule has 6 heteroatoms. The summed E-state index contributed by atoms with van der Waals surface area (Å²) in [7, 11) is 0. The van der Waals surface area contributed by atoms with Gasteiger partial charge in [-0.1, -0.05) is 25.1 Å². The van der Waals surface area contributed by atoms with Gasteiger partial charge in [-0.3, -0.25) is 4.79 Å². The number of ketones is 1. The van der Waals surface area contributed by atoms with Crippen molar-refractivity contribution < 1.29 is 26.7 Å². The van der Waals surface area contributed by atoms with Crippen LogP contribution in [0.15, 0.2) is 24.3 Å². The maximum absolute atomic E-state index is 12.8. The average molecular weight is 252 g/mol. The number of halogens is 5. The van der Waals surface area contributed by atoms with Crippen LogP contribution in [0.3, 0.4) is 0 Å². The van der Waals surface area contributed by atoms with Gasteiger partial charge in [0.2, 0.25) is 5.78 Å². The van der Waals surface area contributed by atoms with Crippen molar-refractivity contribution in [3.05, 3.63) is 35.4 Å². The first-order valence-corrected chi connectivity index (χ1v) is 4.78. The molecule has 0 aliphatic heterocycles. The summed E-state index contributed by atoms with van der Waals surface area (Å²) in [4.78, 5) is 11.1. The average Bonchev–Trinajstić information content (AvgIpc) is 2.26. The van der Waals surface area contributed by atoms with Crippen molar-refractivity contribution in [2.75, 3.05) is 0 Å². The molecule has 0 saturated heterocycles. The highest BCUT2D eigenvalue weighted by molar-refractivity contribution is 6.02. The molecule has 0 atom stereocenters. The van der Waals surface area contributed by atoms with E-state index in [1.54, 1.807) is 13.0 Å². The molecule has 1 nitrogen and oxygen atoms in total. The molecule has 0 radical (unpaired) electrons. The van der Waals surface area contributed by atoms with Gasteiger partial charge in [0.05, 0.1) is 0 Å². The highest BCUT2D eigenvalue weighted by atomic mass is 19.4. The van der Waals surface area contributed by atoms with E-state index in [0.29, 0.717) is 12.0 Å². The van der Waals surface area contributed by atoms with E-state index in [1.807, 2.05) is 0 Å². The fourth-order valence-electron chi connectivity index (χ4n) is 1.24. The predicted molar refractivity (Wildman–Crippen MR) is 51.2 cm³/mol. The Balaban J connectivity index is 3.12. The Morgan fingerprint density at radius 2 is 1.76 bits per heavy atom. The van der Waals surface area contributed by atoms with Crippen LogP contribution in [-0.2, 0) is 6.42 Å². The molecule has 0 N–H and O–H groups in total. The van der Waals surface area contributed by atoms with Gasteiger partial charge in [-0.05, 0) is 18.1 Å². The Morgan fingerprint density at radius 1 is 1.18 bits per heavy atom. The molecule has 0 saturated carbocycles. The van der Waals surface area contributed by atoms with Crippen LogP contribution in [0.5, 0.6) is 0 Å². The summed E-state index contributed by atoms with van der Waals surface area (Å²) in [5.74, 6) is -7.57. The number of alkyl halides is 5. The summed E-state index contributed by atoms with van der Waals surface area (Å²) in [6.45, 7) is 1.70. The molecule has 1 aromatic rings. The van der Waals surface area contributed by atoms with E-state index in [2.05, 4.69) is 0 Å². The highest BCUT2D eigenvalue weighted by Crippen LogP contribution is 2.38. The summed E-state index contributed by atoms with van der Waals surface area (Å²) in [6, 6.07) is 4.81. The Kier molecular flexibility index (Phi) is 3.54. The van der Waals surface area contributed by atoms with Crippen molar-refractivity contribution >= 4 is 5.78 Å². The maximum atomic E-state index is 12.8. The summed E-state index contributed by atoms with van der Waals surface area (Å²) in [5, 5.41) is 0. The summed E-state index contributed by atoms with van der Waals surface area (Å²) in [6.07, 6.45) is -5.43. The largest absolute Gasteiger partial charge is 0.461 e. The van der Waals surface area contributed by atoms with E-state index in [4.69, 9.17) is 0 Å². The molecule has 0 unspecified atom stereocenters. The molecule has 0 spiro atoms. The van der Waals surface area contributed by atoms with Gasteiger partial charge in [0, 0.05) is 5.56 Å². The first-order valence-electron chi connectivity index (χ1n) is 4.78. The van der Waals surface area contributed by atoms with E-state index >= 15 is 0 Å². The van der Waals surface area contributed by atoms with Gasteiger partial charge in [-0.2, -0.15) is 22.0 Å². The van der Waals surface area contributed by atoms with Crippen LogP contribution in [0.25, 0.3) is 0 Å². The molecule has 1 aromatic carbocycles. The molecule has 0 aliphatic rings. The van der Waals surface area contributed by atoms with Gasteiger partial charge >= 0.3 is 12.1 Å². The standard InChI is InChI=1S/C11H9F5O/c1-2-7-4-3-5-8(6-7)9(17)10(12,13)11(14,15)16/h3-6H,2H2,1H3. The van der Waals surface area contributed by atoms with E-state index in [9.17, 15) is 26.7 Å². The minimum atomic E-state index is -5.87. The smallest absolute Gasteiger partial charge is 0.287 e. The second kappa shape index (κ2) is 4.43. The van der Waals surface area contributed by atoms with Gasteiger partial charge < -0.3 is 0 Å². The lowest BCUT2D eigenvalue weighted by Crippen LogP contribution is -2.44. The Hall–Kier alpha value is -1.46. The second-order valence-corrected chi connectivity index (χ2v) is 3.46. The van der Waals surface area contributed by atoms with Crippen LogP contribution in [0.4, 0.5) is 22.0 Å². The van der Waals surface area contributed by atoms with Crippen LogP contribution in [0.1, 0.15) is 22.8 Å². The molecule has 0 aliphatic carbocycles. The number of hydrogen-bond acceptors (Lipinski definition) is 1. The first kappa shape index (κ1) is 13.6. The third kappa shape index (κ3) is 2.62. The van der Waals surface area contributed by atoms with Crippen LogP contribution in [-0.4, -0.2) is 17.9 Å². The molecule has 94 valence electrons. The molecular weight excluding hydrogens is 243 g/mol. The summed E-state index contributed by atoms with van der Waals surface area (Å²) in [5.41, 5.74) is -0.111. The predicted octanol–water partition coefficient (Wildman–Crippen LogP) is 3.63. The number of rotatable bonds is 3. The normalized spacial score (nSPS) is 12.6. The topological polar surface area (TPSA) is 17.1 Å². The minimum absolute atomic E-state index is 0.443. The molecule has 0 amide bonds. The number of carbonyl (C=O) groups is 1. The second-order valence-electron chi connectivity index (χ2n) is 3.46. The summed E-state index contributed by atoms with van der Waals surface area (Å²) < 4.78 is 61.5. The molecule has 0 fully saturated rings. The fraction of sp³-hybridized carbons (Fsp3) is 0.364. The van der Waals surface area contributed by atoms with E-state index < -0.39 is 23.4 Å². The van der Waals surface area contributed by atoms with Gasteiger partial charge in [0.1, 0.15) is 0 Å². The van der Waals surface area contributed by atoms with Gasteiger partial charge in [-0.15, -0.1) is 0 Å². The maximum Gasteiger partial charge on any atom is 0.461 e. The molecule has 1 rings (SSSR count). The molecule has 17 heavy (non-hydrogen) atoms. The third-order valence-electron chi connectivity index (χ3n) is 2.24. The fourth-order valence-corrected chi connectivity index (χ4v) is 1.24. The zero-order valence-corrected chi connectivity index (χ0v) is 8.81. The van der Waals surface area contributed by atoms with Crippen molar-refractivity contribution in [2.45, 2.75) is 25.4 Å². The Morgan fingerprint density at radius 3 is 2.24 bits per heavy atom. The lowest BCUT2D eigenvalue weighted by atomic mass is 10.0. The van der Waals surface area contributed by atoms with Crippen molar-refractivity contribution in [3.63, 3.8) is 0 Å². The van der Waals surface area contributed by atoms with Crippen molar-refractivity contribution in [3.8, 4) is 0 Å². The number of carbonyl (C=O) groups excluding carboxylic acids is 1. The van der Waals surface area contributed by atoms with Gasteiger partial charge in [0.15, 0.2) is 0 Å². The van der Waals surface area contributed by atoms with Crippen LogP contribution in [0.2, 0.25) is 0 Å². The number of Topliss-reactive ketones (excluding diaryl/α,β-unsaturated/α-hetero) is 1. The highest BCUT2D eigenvalue weighted by Gasteiger charge is 2.63. The number of aryl methyl sites for hydroxylation is 1. The quantitative estimate of drug-likeness (QED) is 0.593. The Bertz CT molecular complexity index is 422. The van der Waals surface area contributed by atoms with Crippen molar-refractivity contribution in [1.82, 2.24) is 0 Å². The van der Waals surface area contributed by atoms with E-state index in [0.717, 1.165) is 12.1 Å². The van der Waals surface area contributed by atoms with E-state index in [-0.39, 0.29) is 0 Å². The van der Waals surface area contributed by atoms with Crippen molar-refractivity contribution in [1.29, 1.82) is 0 Å². The van der Waals surface area contributed by atoms with Gasteiger partial charge in [0.25, 0.3) is 0 Å². The third-order valence-corrected chi connectivity index (χ3v) is 2.24. The van der Waals surface area contributed by atoms with Crippen LogP contribution >= 0.6 is 0 Å². The molecule has 0 aromatic heterocycles. The minimum Gasteiger partial charge on any atom is -0.287 e. The Labute approximate surface area is 94.2 Å². The first-order chi connectivity index (χ1) is 7.70. The summed E-state index contributed by atoms with van der Waals surface area (Å²) >= 11 is 0. The van der Waals surface area contributed by atoms with Crippen LogP contribution in [0, 0.1) is 0 Å². The SMILES string of the molecule is CCc1cccc(C(=O)C(F)(F)C(F)(F)F)c1. The number of hydrogen-bond donors (Lipinski definition) is 0. The molecular formula is C11H9F5O. The molecule has 0 heterocycles. The van der Waals surface area contributed by atoms with Crippen molar-refractivity contribution in [2.24, 2.45) is 0 Å². The van der Waals surface area contributed by atoms with Crippen LogP contribution < -0.4 is 0 Å². The zero-order chi connectivity index (χ0) is 13.3.